The molecule has 1 saturated heterocycles. The number of carbonyl (C=O) groups excluding carboxylic acids is 4. The Morgan fingerprint density at radius 2 is 1.67 bits per heavy atom. The fourth-order valence-corrected chi connectivity index (χ4v) is 6.31. The summed E-state index contributed by atoms with van der Waals surface area (Å²) in [7, 11) is 3.24. The Morgan fingerprint density at radius 1 is 0.979 bits per heavy atom. The van der Waals surface area contributed by atoms with Crippen LogP contribution < -0.4 is 16.0 Å². The van der Waals surface area contributed by atoms with Crippen molar-refractivity contribution in [3.63, 3.8) is 0 Å². The first-order chi connectivity index (χ1) is 22.8. The average Bonchev–Trinajstić information content (AvgIpc) is 3.55. The second-order valence-corrected chi connectivity index (χ2v) is 13.6. The second kappa shape index (κ2) is 21.1. The minimum Gasteiger partial charge on any atom is -0.466 e. The third-order valence-electron chi connectivity index (χ3n) is 9.81. The molecule has 1 fully saturated rings. The topological polar surface area (TPSA) is 135 Å². The van der Waals surface area contributed by atoms with Gasteiger partial charge in [0.05, 0.1) is 37.2 Å². The Morgan fingerprint density at radius 3 is 2.25 bits per heavy atom. The highest BCUT2D eigenvalue weighted by molar-refractivity contribution is 5.89. The van der Waals surface area contributed by atoms with E-state index in [-0.39, 0.29) is 60.9 Å². The van der Waals surface area contributed by atoms with Crippen LogP contribution in [0.15, 0.2) is 30.3 Å². The van der Waals surface area contributed by atoms with Gasteiger partial charge in [-0.2, -0.15) is 0 Å². The van der Waals surface area contributed by atoms with Crippen LogP contribution in [0.1, 0.15) is 86.1 Å². The number of likely N-dealkylation sites (tertiary alicyclic amines) is 1. The molecule has 0 aromatic heterocycles. The quantitative estimate of drug-likeness (QED) is 0.132. The molecule has 48 heavy (non-hydrogen) atoms. The monoisotopic (exact) mass is 674 g/mol. The van der Waals surface area contributed by atoms with Crippen LogP contribution in [0.3, 0.4) is 0 Å². The number of esters is 1. The van der Waals surface area contributed by atoms with Gasteiger partial charge in [0.1, 0.15) is 6.04 Å². The average molecular weight is 675 g/mol. The third kappa shape index (κ3) is 12.8. The highest BCUT2D eigenvalue weighted by Gasteiger charge is 2.41. The second-order valence-electron chi connectivity index (χ2n) is 13.6. The summed E-state index contributed by atoms with van der Waals surface area (Å²) in [6.07, 6.45) is 2.61. The number of nitrogens with one attached hydrogen (secondary N) is 3. The molecule has 11 heteroatoms. The zero-order chi connectivity index (χ0) is 35.8. The lowest BCUT2D eigenvalue weighted by atomic mass is 9.90. The molecule has 0 radical (unpaired) electrons. The molecule has 1 aromatic rings. The van der Waals surface area contributed by atoms with Gasteiger partial charge in [0.2, 0.25) is 17.7 Å². The molecular formula is C37H62N4O7. The fourth-order valence-electron chi connectivity index (χ4n) is 6.31. The molecule has 272 valence electrons. The van der Waals surface area contributed by atoms with Crippen LogP contribution in [-0.4, -0.2) is 98.9 Å². The summed E-state index contributed by atoms with van der Waals surface area (Å²) in [6, 6.07) is 8.67. The molecule has 2 rings (SSSR count). The maximum atomic E-state index is 13.9. The summed E-state index contributed by atoms with van der Waals surface area (Å²) in [5, 5.41) is 9.55. The van der Waals surface area contributed by atoms with E-state index in [1.807, 2.05) is 35.2 Å². The smallest absolute Gasteiger partial charge is 0.302 e. The first-order valence-electron chi connectivity index (χ1n) is 17.7. The van der Waals surface area contributed by atoms with Crippen LogP contribution >= 0.6 is 0 Å². The summed E-state index contributed by atoms with van der Waals surface area (Å²) in [5.74, 6) is -0.921. The van der Waals surface area contributed by atoms with Crippen LogP contribution in [0, 0.1) is 17.8 Å². The molecule has 1 aliphatic rings. The van der Waals surface area contributed by atoms with Gasteiger partial charge in [-0.25, -0.2) is 0 Å². The Kier molecular flexibility index (Phi) is 18.1. The minimum absolute atomic E-state index is 0.0126. The molecule has 0 bridgehead atoms. The van der Waals surface area contributed by atoms with Gasteiger partial charge >= 0.3 is 5.97 Å². The van der Waals surface area contributed by atoms with Gasteiger partial charge in [0, 0.05) is 52.7 Å². The Labute approximate surface area is 288 Å². The maximum absolute atomic E-state index is 13.9. The molecular weight excluding hydrogens is 612 g/mol. The molecule has 3 amide bonds. The van der Waals surface area contributed by atoms with Crippen molar-refractivity contribution in [3.8, 4) is 0 Å². The SMILES string of the molecule is CC[C@H](C)[C@H](N[C@@H](C)C(C)C)[C@@H](CC(=O)N1CCC[C@H]1[C@H](OC)[C@@H](C)C(=O)N[C@@H](Cc1ccccc1)C(=O)NCCCOC(C)=O)OC. The van der Waals surface area contributed by atoms with Gasteiger partial charge < -0.3 is 35.1 Å². The van der Waals surface area contributed by atoms with Gasteiger partial charge in [-0.1, -0.05) is 71.4 Å². The summed E-state index contributed by atoms with van der Waals surface area (Å²) in [4.78, 5) is 53.8. The number of rotatable bonds is 21. The van der Waals surface area contributed by atoms with E-state index in [1.54, 1.807) is 21.1 Å². The first kappa shape index (κ1) is 41.2. The van der Waals surface area contributed by atoms with E-state index >= 15 is 0 Å². The van der Waals surface area contributed by atoms with Crippen LogP contribution in [0.25, 0.3) is 0 Å². The predicted molar refractivity (Wildman–Crippen MR) is 187 cm³/mol. The van der Waals surface area contributed by atoms with Crippen LogP contribution in [0.2, 0.25) is 0 Å². The van der Waals surface area contributed by atoms with E-state index in [1.165, 1.54) is 6.92 Å². The number of amides is 3. The molecule has 1 aliphatic heterocycles. The molecule has 11 nitrogen and oxygen atoms in total. The van der Waals surface area contributed by atoms with Gasteiger partial charge in [0.25, 0.3) is 0 Å². The minimum atomic E-state index is -0.824. The lowest BCUT2D eigenvalue weighted by molar-refractivity contribution is -0.143. The van der Waals surface area contributed by atoms with Crippen molar-refractivity contribution in [2.24, 2.45) is 17.8 Å². The van der Waals surface area contributed by atoms with E-state index in [4.69, 9.17) is 14.2 Å². The third-order valence-corrected chi connectivity index (χ3v) is 9.81. The standard InChI is InChI=1S/C37H62N4O7/c1-10-25(4)34(39-27(6)24(2)3)32(46-8)23-33(43)41-20-14-18-31(41)35(47-9)26(5)36(44)40-30(22-29-16-12-11-13-17-29)37(45)38-19-15-21-48-28(7)42/h11-13,16-17,24-27,30-32,34-35,39H,10,14-15,18-23H2,1-9H3,(H,38,45)(H,40,44)/t25-,26+,27-,30-,31-,32+,34-,35+/m0/s1. The number of benzene rings is 1. The van der Waals surface area contributed by atoms with Gasteiger partial charge in [-0.15, -0.1) is 0 Å². The van der Waals surface area contributed by atoms with Gasteiger partial charge in [-0.3, -0.25) is 19.2 Å². The normalized spacial score (nSPS) is 19.1. The largest absolute Gasteiger partial charge is 0.466 e. The van der Waals surface area contributed by atoms with Crippen molar-refractivity contribution >= 4 is 23.7 Å². The number of nitrogens with zero attached hydrogens (tertiary/aromatic N) is 1. The summed E-state index contributed by atoms with van der Waals surface area (Å²) >= 11 is 0. The highest BCUT2D eigenvalue weighted by Crippen LogP contribution is 2.28. The molecule has 0 saturated carbocycles. The van der Waals surface area contributed by atoms with Crippen molar-refractivity contribution in [2.45, 2.75) is 123 Å². The first-order valence-corrected chi connectivity index (χ1v) is 17.7. The van der Waals surface area contributed by atoms with Crippen molar-refractivity contribution in [3.05, 3.63) is 35.9 Å². The maximum Gasteiger partial charge on any atom is 0.302 e. The number of hydrogen-bond acceptors (Lipinski definition) is 8. The Hall–Kier alpha value is -3.02. The number of ether oxygens (including phenoxy) is 3. The lowest BCUT2D eigenvalue weighted by Gasteiger charge is -2.37. The molecule has 3 N–H and O–H groups in total. The number of carbonyl (C=O) groups is 4. The van der Waals surface area contributed by atoms with Crippen molar-refractivity contribution < 1.29 is 33.4 Å². The van der Waals surface area contributed by atoms with Crippen LogP contribution in [0.5, 0.6) is 0 Å². The van der Waals surface area contributed by atoms with Crippen molar-refractivity contribution in [2.75, 3.05) is 33.9 Å². The number of hydrogen-bond donors (Lipinski definition) is 3. The van der Waals surface area contributed by atoms with Gasteiger partial charge in [0.15, 0.2) is 0 Å². The van der Waals surface area contributed by atoms with Gasteiger partial charge in [-0.05, 0) is 43.6 Å². The van der Waals surface area contributed by atoms with Crippen LogP contribution in [0.4, 0.5) is 0 Å². The summed E-state index contributed by atoms with van der Waals surface area (Å²) < 4.78 is 16.9. The molecule has 0 unspecified atom stereocenters. The fraction of sp³-hybridized carbons (Fsp3) is 0.730. The Bertz CT molecular complexity index is 1130. The van der Waals surface area contributed by atoms with Crippen LogP contribution in [-0.2, 0) is 39.8 Å². The summed E-state index contributed by atoms with van der Waals surface area (Å²) in [6.45, 7) is 15.1. The zero-order valence-electron chi connectivity index (χ0n) is 30.8. The van der Waals surface area contributed by atoms with Crippen molar-refractivity contribution in [1.82, 2.24) is 20.9 Å². The molecule has 0 spiro atoms. The zero-order valence-corrected chi connectivity index (χ0v) is 30.8. The van der Waals surface area contributed by atoms with E-state index in [2.05, 4.69) is 50.6 Å². The van der Waals surface area contributed by atoms with Crippen molar-refractivity contribution in [1.29, 1.82) is 0 Å². The molecule has 8 atom stereocenters. The van der Waals surface area contributed by atoms with E-state index in [0.29, 0.717) is 44.2 Å². The van der Waals surface area contributed by atoms with E-state index < -0.39 is 18.1 Å². The highest BCUT2D eigenvalue weighted by atomic mass is 16.5. The molecule has 1 aromatic carbocycles. The Balaban J connectivity index is 2.16. The van der Waals surface area contributed by atoms with E-state index in [9.17, 15) is 19.2 Å². The number of methoxy groups -OCH3 is 2. The summed E-state index contributed by atoms with van der Waals surface area (Å²) in [5.41, 5.74) is 0.905. The molecule has 0 aliphatic carbocycles. The lowest BCUT2D eigenvalue weighted by Crippen LogP contribution is -2.55. The van der Waals surface area contributed by atoms with E-state index in [0.717, 1.165) is 18.4 Å². The molecule has 1 heterocycles. The predicted octanol–water partition coefficient (Wildman–Crippen LogP) is 3.88.